The SMILES string of the molecule is CC(=O)Oc1c(F)c(F)c(F)c(F)c1F.CCNC(=O)N[C@H](C[C@H](C(C)C)N(C)C(=O)[C@@H](CC(=O)[C@@]1(C)CCCN1C)[C@@H](C)CC)c1nc(C(=O)O)cs1.CCNC(=O)N[C@H](C[C@H](C(C)C)N(C)C(=O)[C@@H](CC(=O)[C@@]1(C)CCCN1C)[C@@H](C)CC)c1nc(C(=O)Oc2c(F)c(F)c(F)c(F)c2F)cs1. The third kappa shape index (κ3) is 21.7. The molecular weight excluding hydrogens is 1430 g/mol. The minimum absolute atomic E-state index is 0.00880. The number of likely N-dealkylation sites (N-methyl/N-ethyl adjacent to an activating group) is 2. The van der Waals surface area contributed by atoms with Gasteiger partial charge in [0.25, 0.3) is 0 Å². The molecule has 0 saturated carbocycles. The second kappa shape index (κ2) is 39.0. The van der Waals surface area contributed by atoms with Gasteiger partial charge in [-0.25, -0.2) is 55.5 Å². The molecule has 0 radical (unpaired) electrons. The molecule has 580 valence electrons. The second-order valence-electron chi connectivity index (χ2n) is 27.2. The van der Waals surface area contributed by atoms with E-state index in [0.717, 1.165) is 62.4 Å². The Hall–Kier alpha value is -7.85. The molecule has 10 atom stereocenters. The molecule has 0 spiro atoms. The molecular formula is C70H96F10N10O12S2. The average Bonchev–Trinajstić information content (AvgIpc) is 1.43. The van der Waals surface area contributed by atoms with Gasteiger partial charge in [0.15, 0.2) is 23.0 Å². The topological polar surface area (TPSA) is 279 Å². The first-order chi connectivity index (χ1) is 48.5. The lowest BCUT2D eigenvalue weighted by molar-refractivity contribution is -0.143. The Bertz CT molecular complexity index is 3660. The number of likely N-dealkylation sites (tertiary alicyclic amines) is 2. The van der Waals surface area contributed by atoms with Crippen LogP contribution in [0.2, 0.25) is 0 Å². The van der Waals surface area contributed by atoms with Crippen LogP contribution in [0.4, 0.5) is 53.5 Å². The summed E-state index contributed by atoms with van der Waals surface area (Å²) < 4.78 is 141. The lowest BCUT2D eigenvalue weighted by atomic mass is 9.80. The quantitative estimate of drug-likeness (QED) is 0.0107. The number of ketones is 2. The molecule has 2 aliphatic heterocycles. The number of carbonyl (C=O) groups is 9. The number of thiazole rings is 2. The zero-order valence-electron chi connectivity index (χ0n) is 61.5. The summed E-state index contributed by atoms with van der Waals surface area (Å²) in [6.45, 7) is 26.3. The van der Waals surface area contributed by atoms with Gasteiger partial charge in [-0.1, -0.05) is 68.2 Å². The number of carboxylic acid groups (broad SMARTS) is 1. The Morgan fingerprint density at radius 2 is 0.875 bits per heavy atom. The molecule has 5 N–H and O–H groups in total. The molecule has 2 fully saturated rings. The standard InChI is InChI=1S/C34H46F5N5O5S.C28H47N5O5S.C8H3F5O2/c1-9-18(5)19(14-23(45)34(6)12-11-13-43(34)7)31(46)44(8)22(17(3)4)15-20(42-33(48)40-10-2)30-41-21(16-50-30)32(47)49-29-27(38)25(36)24(35)26(37)28(29)39;1-9-18(5)19(14-23(34)28(6)12-11-13-32(28)7)25(35)33(8)22(17(3)4)15-20(31-27(38)29-10-2)24-30-21(16-39-24)26(36)37;1-2(14)15-8-6(12)4(10)3(9)5(11)7(8)13/h16-20,22H,9-15H2,1-8H3,(H2,40,42,48);16-20,22H,9-15H2,1-8H3,(H,36,37)(H2,29,31,38);1H3/t18-,19-,20+,22+,34+;18-,19-,20+,22+,28+;/m00./s1. The van der Waals surface area contributed by atoms with E-state index in [-0.39, 0.29) is 95.6 Å². The first-order valence-electron chi connectivity index (χ1n) is 34.2. The fourth-order valence-electron chi connectivity index (χ4n) is 12.4. The molecule has 0 unspecified atom stereocenters. The van der Waals surface area contributed by atoms with Crippen LogP contribution >= 0.6 is 22.7 Å². The van der Waals surface area contributed by atoms with Gasteiger partial charge in [-0.15, -0.1) is 22.7 Å². The summed E-state index contributed by atoms with van der Waals surface area (Å²) >= 11 is 2.05. The van der Waals surface area contributed by atoms with Crippen LogP contribution in [0.3, 0.4) is 0 Å². The van der Waals surface area contributed by atoms with E-state index < -0.39 is 140 Å². The van der Waals surface area contributed by atoms with E-state index in [4.69, 9.17) is 0 Å². The zero-order chi connectivity index (χ0) is 78.9. The molecule has 6 amide bonds. The van der Waals surface area contributed by atoms with Gasteiger partial charge in [0.05, 0.1) is 23.2 Å². The molecule has 6 rings (SSSR count). The number of carboxylic acids is 1. The Morgan fingerprint density at radius 1 is 0.548 bits per heavy atom. The normalized spacial score (nSPS) is 18.3. The van der Waals surface area contributed by atoms with E-state index in [0.29, 0.717) is 30.8 Å². The fourth-order valence-corrected chi connectivity index (χ4v) is 14.1. The zero-order valence-corrected chi connectivity index (χ0v) is 63.2. The number of aromatic nitrogens is 2. The van der Waals surface area contributed by atoms with E-state index in [1.54, 1.807) is 30.8 Å². The second-order valence-corrected chi connectivity index (χ2v) is 28.9. The number of rotatable bonds is 30. The maximum Gasteiger partial charge on any atom is 0.363 e. The third-order valence-corrected chi connectivity index (χ3v) is 21.5. The summed E-state index contributed by atoms with van der Waals surface area (Å²) in [5.41, 5.74) is -1.79. The maximum atomic E-state index is 14.2. The number of halogens is 10. The number of aromatic carboxylic acids is 1. The van der Waals surface area contributed by atoms with Gasteiger partial charge in [-0.05, 0) is 117 Å². The highest BCUT2D eigenvalue weighted by Crippen LogP contribution is 2.38. The Kier molecular flexibility index (Phi) is 33.2. The molecule has 22 nitrogen and oxygen atoms in total. The van der Waals surface area contributed by atoms with E-state index in [9.17, 15) is 92.2 Å². The Labute approximate surface area is 607 Å². The number of benzene rings is 2. The lowest BCUT2D eigenvalue weighted by Gasteiger charge is -2.38. The van der Waals surface area contributed by atoms with Crippen molar-refractivity contribution in [1.29, 1.82) is 0 Å². The minimum atomic E-state index is -2.41. The Morgan fingerprint density at radius 3 is 1.16 bits per heavy atom. The number of esters is 2. The van der Waals surface area contributed by atoms with Crippen LogP contribution in [0.25, 0.3) is 0 Å². The number of Topliss-reactive ketones (excluding diaryl/α,β-unsaturated/α-hetero) is 2. The number of hydrogen-bond acceptors (Lipinski definition) is 17. The first kappa shape index (κ1) is 88.5. The van der Waals surface area contributed by atoms with Crippen LogP contribution in [-0.2, 0) is 24.0 Å². The highest BCUT2D eigenvalue weighted by molar-refractivity contribution is 7.10. The van der Waals surface area contributed by atoms with E-state index in [1.807, 2.05) is 95.2 Å². The summed E-state index contributed by atoms with van der Waals surface area (Å²) in [5.74, 6) is -31.3. The van der Waals surface area contributed by atoms with Gasteiger partial charge in [0, 0.05) is 81.6 Å². The summed E-state index contributed by atoms with van der Waals surface area (Å²) in [5, 5.41) is 23.6. The van der Waals surface area contributed by atoms with Crippen LogP contribution in [0.1, 0.15) is 197 Å². The number of nitrogens with one attached hydrogen (secondary N) is 4. The van der Waals surface area contributed by atoms with Gasteiger partial charge in [-0.3, -0.25) is 33.8 Å². The molecule has 0 bridgehead atoms. The molecule has 2 aliphatic rings. The number of ether oxygens (including phenoxy) is 2. The number of amides is 6. The van der Waals surface area contributed by atoms with Crippen LogP contribution in [-0.4, -0.2) is 166 Å². The van der Waals surface area contributed by atoms with Crippen molar-refractivity contribution >= 4 is 76.0 Å². The van der Waals surface area contributed by atoms with Gasteiger partial charge in [0.1, 0.15) is 10.0 Å². The molecule has 104 heavy (non-hydrogen) atoms. The smallest absolute Gasteiger partial charge is 0.363 e. The predicted octanol–water partition coefficient (Wildman–Crippen LogP) is 12.9. The highest BCUT2D eigenvalue weighted by Gasteiger charge is 2.46. The molecule has 4 aromatic rings. The molecule has 2 aromatic carbocycles. The summed E-state index contributed by atoms with van der Waals surface area (Å²) in [6, 6.07) is -3.25. The molecule has 2 aromatic heterocycles. The van der Waals surface area contributed by atoms with Crippen LogP contribution in [0.15, 0.2) is 10.8 Å². The number of carbonyl (C=O) groups excluding carboxylic acids is 8. The van der Waals surface area contributed by atoms with E-state index >= 15 is 0 Å². The number of urea groups is 2. The van der Waals surface area contributed by atoms with Gasteiger partial charge >= 0.3 is 30.0 Å². The van der Waals surface area contributed by atoms with Crippen molar-refractivity contribution in [2.24, 2.45) is 35.5 Å². The predicted molar refractivity (Wildman–Crippen MR) is 368 cm³/mol. The average molecular weight is 1520 g/mol. The van der Waals surface area contributed by atoms with Crippen molar-refractivity contribution in [3.8, 4) is 11.5 Å². The molecule has 2 saturated heterocycles. The third-order valence-electron chi connectivity index (χ3n) is 19.6. The van der Waals surface area contributed by atoms with Crippen LogP contribution < -0.4 is 30.7 Å². The van der Waals surface area contributed by atoms with Crippen molar-refractivity contribution in [1.82, 2.24) is 50.8 Å². The monoisotopic (exact) mass is 1520 g/mol. The maximum absolute atomic E-state index is 14.2. The summed E-state index contributed by atoms with van der Waals surface area (Å²) in [7, 11) is 7.30. The van der Waals surface area contributed by atoms with Crippen molar-refractivity contribution in [3.63, 3.8) is 0 Å². The minimum Gasteiger partial charge on any atom is -0.476 e. The largest absolute Gasteiger partial charge is 0.476 e. The van der Waals surface area contributed by atoms with Gasteiger partial charge in [-0.2, -0.15) is 17.6 Å². The molecule has 4 heterocycles. The van der Waals surface area contributed by atoms with Gasteiger partial charge < -0.3 is 45.6 Å². The van der Waals surface area contributed by atoms with Crippen LogP contribution in [0.5, 0.6) is 11.5 Å². The van der Waals surface area contributed by atoms with Crippen molar-refractivity contribution in [2.75, 3.05) is 54.4 Å². The van der Waals surface area contributed by atoms with E-state index in [2.05, 4.69) is 45.6 Å². The lowest BCUT2D eigenvalue weighted by Crippen LogP contribution is -2.50. The van der Waals surface area contributed by atoms with Crippen molar-refractivity contribution in [2.45, 2.75) is 189 Å². The number of nitrogens with zero attached hydrogens (tertiary/aromatic N) is 6. The first-order valence-corrected chi connectivity index (χ1v) is 36.0. The molecule has 0 aliphatic carbocycles. The van der Waals surface area contributed by atoms with E-state index in [1.165, 1.54) is 16.7 Å². The van der Waals surface area contributed by atoms with Gasteiger partial charge in [0.2, 0.25) is 81.5 Å². The van der Waals surface area contributed by atoms with Crippen molar-refractivity contribution < 1.29 is 102 Å². The summed E-state index contributed by atoms with van der Waals surface area (Å²) in [4.78, 5) is 131. The highest BCUT2D eigenvalue weighted by atomic mass is 32.1. The Balaban J connectivity index is 0.000000374. The fraction of sp³-hybridized carbons (Fsp3) is 0.614. The molecule has 34 heteroatoms. The van der Waals surface area contributed by atoms with Crippen LogP contribution in [0, 0.1) is 93.7 Å². The number of hydrogen-bond donors (Lipinski definition) is 5. The summed E-state index contributed by atoms with van der Waals surface area (Å²) in [6.07, 6.45) is 5.54. The van der Waals surface area contributed by atoms with Crippen molar-refractivity contribution in [3.05, 3.63) is 90.3 Å².